The lowest BCUT2D eigenvalue weighted by molar-refractivity contribution is -0.137. The van der Waals surface area contributed by atoms with E-state index in [1.54, 1.807) is 31.2 Å². The number of anilines is 1. The number of nitriles is 1. The van der Waals surface area contributed by atoms with Crippen LogP contribution in [-0.4, -0.2) is 57.6 Å². The molecule has 3 amide bonds. The molecule has 14 heteroatoms. The second-order valence-electron chi connectivity index (χ2n) is 11.4. The van der Waals surface area contributed by atoms with Crippen LogP contribution in [-0.2, 0) is 11.0 Å². The number of aromatic nitrogens is 2. The minimum Gasteiger partial charge on any atom is -0.339 e. The highest BCUT2D eigenvalue weighted by Crippen LogP contribution is 2.44. The maximum absolute atomic E-state index is 14.4. The van der Waals surface area contributed by atoms with Crippen molar-refractivity contribution in [2.45, 2.75) is 43.9 Å². The Balaban J connectivity index is 1.58. The third-order valence-electron chi connectivity index (χ3n) is 8.53. The maximum atomic E-state index is 14.4. The summed E-state index contributed by atoms with van der Waals surface area (Å²) in [7, 11) is 0. The molecule has 3 atom stereocenters. The van der Waals surface area contributed by atoms with E-state index in [9.17, 15) is 37.2 Å². The molecule has 0 spiro atoms. The molecular formula is C34H27BrF4N6O3. The van der Waals surface area contributed by atoms with Crippen LogP contribution >= 0.6 is 15.9 Å². The highest BCUT2D eigenvalue weighted by Gasteiger charge is 2.48. The smallest absolute Gasteiger partial charge is 0.339 e. The normalized spacial score (nSPS) is 19.2. The predicted octanol–water partition coefficient (Wildman–Crippen LogP) is 6.22. The first-order chi connectivity index (χ1) is 22.9. The van der Waals surface area contributed by atoms with Gasteiger partial charge in [-0.05, 0) is 73.9 Å². The molecule has 0 aliphatic carbocycles. The van der Waals surface area contributed by atoms with E-state index < -0.39 is 53.3 Å². The number of carbonyl (C=O) groups is 3. The van der Waals surface area contributed by atoms with Crippen molar-refractivity contribution in [1.82, 2.24) is 20.0 Å². The quantitative estimate of drug-likeness (QED) is 0.238. The van der Waals surface area contributed by atoms with E-state index in [4.69, 9.17) is 5.10 Å². The Labute approximate surface area is 280 Å². The highest BCUT2D eigenvalue weighted by molar-refractivity contribution is 9.10. The number of likely N-dealkylation sites (N-methyl/N-ethyl adjacent to an activating group) is 1. The zero-order chi connectivity index (χ0) is 34.3. The molecule has 246 valence electrons. The molecule has 48 heavy (non-hydrogen) atoms. The molecule has 0 saturated carbocycles. The molecule has 1 saturated heterocycles. The molecule has 3 heterocycles. The van der Waals surface area contributed by atoms with Crippen LogP contribution in [0.3, 0.4) is 0 Å². The zero-order valence-electron chi connectivity index (χ0n) is 25.3. The fourth-order valence-corrected chi connectivity index (χ4v) is 6.70. The number of fused-ring (bicyclic) bond motifs is 1. The lowest BCUT2D eigenvalue weighted by atomic mass is 9.80. The summed E-state index contributed by atoms with van der Waals surface area (Å²) in [5.74, 6) is -3.61. The number of carbonyl (C=O) groups excluding carboxylic acids is 3. The van der Waals surface area contributed by atoms with Crippen molar-refractivity contribution in [3.63, 3.8) is 0 Å². The van der Waals surface area contributed by atoms with E-state index in [2.05, 4.69) is 27.3 Å². The Morgan fingerprint density at radius 3 is 2.48 bits per heavy atom. The van der Waals surface area contributed by atoms with Gasteiger partial charge in [0, 0.05) is 34.6 Å². The summed E-state index contributed by atoms with van der Waals surface area (Å²) in [5.41, 5.74) is -0.375. The van der Waals surface area contributed by atoms with Crippen molar-refractivity contribution < 1.29 is 31.9 Å². The minimum atomic E-state index is -4.71. The summed E-state index contributed by atoms with van der Waals surface area (Å²) in [6.07, 6.45) is -3.66. The molecule has 4 aromatic rings. The van der Waals surface area contributed by atoms with E-state index in [0.717, 1.165) is 12.1 Å². The molecule has 0 bridgehead atoms. The van der Waals surface area contributed by atoms with Gasteiger partial charge in [-0.1, -0.05) is 40.2 Å². The lowest BCUT2D eigenvalue weighted by Crippen LogP contribution is -2.55. The molecule has 0 unspecified atom stereocenters. The van der Waals surface area contributed by atoms with Crippen molar-refractivity contribution in [1.29, 1.82) is 5.26 Å². The van der Waals surface area contributed by atoms with Gasteiger partial charge >= 0.3 is 6.18 Å². The largest absolute Gasteiger partial charge is 0.416 e. The van der Waals surface area contributed by atoms with Crippen LogP contribution in [0.15, 0.2) is 77.3 Å². The molecule has 6 rings (SSSR count). The Morgan fingerprint density at radius 1 is 1.08 bits per heavy atom. The first-order valence-corrected chi connectivity index (χ1v) is 15.9. The van der Waals surface area contributed by atoms with E-state index in [1.807, 2.05) is 0 Å². The van der Waals surface area contributed by atoms with Crippen molar-refractivity contribution >= 4 is 39.5 Å². The van der Waals surface area contributed by atoms with E-state index in [1.165, 1.54) is 44.8 Å². The van der Waals surface area contributed by atoms with Crippen LogP contribution in [0.1, 0.15) is 63.2 Å². The van der Waals surface area contributed by atoms with Crippen LogP contribution in [0, 0.1) is 17.1 Å². The number of alkyl halides is 3. The Bertz CT molecular complexity index is 1960. The molecule has 1 N–H and O–H groups in total. The molecular weight excluding hydrogens is 696 g/mol. The number of nitrogens with zero attached hydrogens (tertiary/aromatic N) is 5. The third kappa shape index (κ3) is 5.94. The number of hydrogen-bond donors (Lipinski definition) is 1. The van der Waals surface area contributed by atoms with Crippen LogP contribution in [0.25, 0.3) is 5.69 Å². The Morgan fingerprint density at radius 2 is 1.81 bits per heavy atom. The summed E-state index contributed by atoms with van der Waals surface area (Å²) >= 11 is 3.45. The predicted molar refractivity (Wildman–Crippen MR) is 170 cm³/mol. The Hall–Kier alpha value is -5.03. The zero-order valence-corrected chi connectivity index (χ0v) is 26.9. The second kappa shape index (κ2) is 12.9. The topological polar surface area (TPSA) is 111 Å². The fourth-order valence-electron chi connectivity index (χ4n) is 6.32. The van der Waals surface area contributed by atoms with Gasteiger partial charge in [0.1, 0.15) is 23.7 Å². The average Bonchev–Trinajstić information content (AvgIpc) is 3.71. The van der Waals surface area contributed by atoms with Crippen molar-refractivity contribution in [3.05, 3.63) is 111 Å². The summed E-state index contributed by atoms with van der Waals surface area (Å²) in [4.78, 5) is 45.1. The fraction of sp³-hybridized carbons (Fsp3) is 0.265. The van der Waals surface area contributed by atoms with Crippen LogP contribution in [0.5, 0.6) is 0 Å². The van der Waals surface area contributed by atoms with Crippen molar-refractivity contribution in [2.24, 2.45) is 0 Å². The summed E-state index contributed by atoms with van der Waals surface area (Å²) in [6, 6.07) is 16.0. The summed E-state index contributed by atoms with van der Waals surface area (Å²) in [6.45, 7) is 2.05. The highest BCUT2D eigenvalue weighted by atomic mass is 79.9. The van der Waals surface area contributed by atoms with Gasteiger partial charge in [0.05, 0.1) is 17.3 Å². The van der Waals surface area contributed by atoms with Crippen LogP contribution in [0.4, 0.5) is 23.4 Å². The van der Waals surface area contributed by atoms with Gasteiger partial charge in [-0.2, -0.15) is 23.5 Å². The van der Waals surface area contributed by atoms with Gasteiger partial charge in [0.15, 0.2) is 5.69 Å². The number of benzene rings is 3. The van der Waals surface area contributed by atoms with E-state index in [0.29, 0.717) is 41.2 Å². The van der Waals surface area contributed by atoms with Crippen molar-refractivity contribution in [2.75, 3.05) is 18.0 Å². The summed E-state index contributed by atoms with van der Waals surface area (Å²) < 4.78 is 56.9. The number of amides is 3. The average molecular weight is 724 g/mol. The van der Waals surface area contributed by atoms with Crippen LogP contribution < -0.4 is 10.2 Å². The molecule has 2 aliphatic heterocycles. The van der Waals surface area contributed by atoms with E-state index >= 15 is 0 Å². The van der Waals surface area contributed by atoms with Crippen LogP contribution in [0.2, 0.25) is 0 Å². The molecule has 1 aromatic heterocycles. The van der Waals surface area contributed by atoms with Gasteiger partial charge in [-0.15, -0.1) is 0 Å². The van der Waals surface area contributed by atoms with Crippen molar-refractivity contribution in [3.8, 4) is 11.8 Å². The number of nitrogens with one attached hydrogen (secondary N) is 1. The summed E-state index contributed by atoms with van der Waals surface area (Å²) in [5, 5.41) is 17.2. The first kappa shape index (κ1) is 32.9. The third-order valence-corrected chi connectivity index (χ3v) is 9.02. The SMILES string of the molecule is CCN1C(=O)[C@H](NC(=O)c2cccc(C(F)(F)F)c2)[C@H](c2ccc(F)cc2)c2c(C(=O)N3CCC[C@H]3C#N)nn(-c3cccc(Br)c3)c21. The number of hydrogen-bond acceptors (Lipinski definition) is 5. The van der Waals surface area contributed by atoms with E-state index in [-0.39, 0.29) is 29.2 Å². The lowest BCUT2D eigenvalue weighted by Gasteiger charge is -2.38. The molecule has 9 nitrogen and oxygen atoms in total. The second-order valence-corrected chi connectivity index (χ2v) is 12.3. The van der Waals surface area contributed by atoms with Gasteiger partial charge < -0.3 is 10.2 Å². The van der Waals surface area contributed by atoms with Gasteiger partial charge in [-0.3, -0.25) is 19.3 Å². The Kier molecular flexibility index (Phi) is 8.82. The molecule has 1 fully saturated rings. The number of halogens is 5. The number of likely N-dealkylation sites (tertiary alicyclic amines) is 1. The molecule has 0 radical (unpaired) electrons. The standard InChI is InChI=1S/C34H27BrF4N6O3/c1-2-43-31-27(29(33(48)44-15-5-10-25(44)18-40)42-45(31)24-9-4-8-22(35)17-24)26(19-11-13-23(36)14-12-19)28(32(43)47)41-30(46)20-6-3-7-21(16-20)34(37,38)39/h3-4,6-9,11-14,16-17,25-26,28H,2,5,10,15H2,1H3,(H,41,46)/t25-,26+,28+/m0/s1. The molecule has 2 aliphatic rings. The van der Waals surface area contributed by atoms with Gasteiger partial charge in [0.25, 0.3) is 17.7 Å². The first-order valence-electron chi connectivity index (χ1n) is 15.1. The van der Waals surface area contributed by atoms with Gasteiger partial charge in [-0.25, -0.2) is 9.07 Å². The monoisotopic (exact) mass is 722 g/mol. The number of rotatable bonds is 6. The molecule has 3 aromatic carbocycles. The van der Waals surface area contributed by atoms with Gasteiger partial charge in [0.2, 0.25) is 0 Å². The minimum absolute atomic E-state index is 0.0652. The maximum Gasteiger partial charge on any atom is 0.416 e.